The first-order valence-electron chi connectivity index (χ1n) is 5.86. The van der Waals surface area contributed by atoms with Crippen LogP contribution in [0.2, 0.25) is 0 Å². The molecule has 0 aliphatic rings. The maximum Gasteiger partial charge on any atom is 0.243 e. The summed E-state index contributed by atoms with van der Waals surface area (Å²) in [5, 5.41) is 0. The van der Waals surface area contributed by atoms with Gasteiger partial charge in [0.1, 0.15) is 5.52 Å². The van der Waals surface area contributed by atoms with Crippen LogP contribution in [0.5, 0.6) is 0 Å². The lowest BCUT2D eigenvalue weighted by Crippen LogP contribution is -2.30. The summed E-state index contributed by atoms with van der Waals surface area (Å²) >= 11 is 0. The smallest absolute Gasteiger partial charge is 0.243 e. The number of nitrogens with zero attached hydrogens (tertiary/aromatic N) is 2. The van der Waals surface area contributed by atoms with Gasteiger partial charge in [0.25, 0.3) is 0 Å². The standard InChI is InChI=1S/C12H16N2O3S/c1-4-14(5-2)18(15,16)10-6-7-12-11(8-10)13-9(3)17-12/h6-8H,4-5H2,1-3H3. The first-order chi connectivity index (χ1) is 8.48. The van der Waals surface area contributed by atoms with E-state index in [2.05, 4.69) is 4.98 Å². The third kappa shape index (κ3) is 2.13. The molecular weight excluding hydrogens is 252 g/mol. The van der Waals surface area contributed by atoms with E-state index in [1.807, 2.05) is 13.8 Å². The summed E-state index contributed by atoms with van der Waals surface area (Å²) in [5.41, 5.74) is 1.17. The topological polar surface area (TPSA) is 63.4 Å². The van der Waals surface area contributed by atoms with Crippen molar-refractivity contribution in [3.05, 3.63) is 24.1 Å². The maximum atomic E-state index is 12.3. The molecule has 0 fully saturated rings. The average Bonchev–Trinajstić information content (AvgIpc) is 2.69. The molecule has 0 aliphatic carbocycles. The van der Waals surface area contributed by atoms with E-state index in [1.54, 1.807) is 25.1 Å². The molecule has 6 heteroatoms. The first-order valence-corrected chi connectivity index (χ1v) is 7.30. The van der Waals surface area contributed by atoms with Crippen molar-refractivity contribution in [1.82, 2.24) is 9.29 Å². The number of sulfonamides is 1. The largest absolute Gasteiger partial charge is 0.441 e. The lowest BCUT2D eigenvalue weighted by atomic mass is 10.3. The van der Waals surface area contributed by atoms with Gasteiger partial charge in [-0.25, -0.2) is 13.4 Å². The highest BCUT2D eigenvalue weighted by atomic mass is 32.2. The van der Waals surface area contributed by atoms with Crippen LogP contribution in [0.4, 0.5) is 0 Å². The van der Waals surface area contributed by atoms with Crippen LogP contribution in [0.1, 0.15) is 19.7 Å². The lowest BCUT2D eigenvalue weighted by molar-refractivity contribution is 0.445. The van der Waals surface area contributed by atoms with Gasteiger partial charge in [-0.3, -0.25) is 0 Å². The van der Waals surface area contributed by atoms with Gasteiger partial charge in [0.05, 0.1) is 4.90 Å². The Labute approximate surface area is 106 Å². The van der Waals surface area contributed by atoms with Gasteiger partial charge >= 0.3 is 0 Å². The fraction of sp³-hybridized carbons (Fsp3) is 0.417. The van der Waals surface area contributed by atoms with Gasteiger partial charge in [-0.15, -0.1) is 0 Å². The van der Waals surface area contributed by atoms with E-state index in [4.69, 9.17) is 4.42 Å². The molecule has 0 bridgehead atoms. The number of oxazole rings is 1. The molecule has 0 saturated heterocycles. The molecule has 0 amide bonds. The van der Waals surface area contributed by atoms with Crippen LogP contribution < -0.4 is 0 Å². The summed E-state index contributed by atoms with van der Waals surface area (Å²) < 4.78 is 31.4. The summed E-state index contributed by atoms with van der Waals surface area (Å²) in [6.07, 6.45) is 0. The second kappa shape index (κ2) is 4.70. The van der Waals surface area contributed by atoms with Crippen LogP contribution in [0.15, 0.2) is 27.5 Å². The molecule has 1 heterocycles. The second-order valence-corrected chi connectivity index (χ2v) is 5.89. The van der Waals surface area contributed by atoms with E-state index in [-0.39, 0.29) is 4.90 Å². The molecule has 0 N–H and O–H groups in total. The van der Waals surface area contributed by atoms with Crippen molar-refractivity contribution in [2.45, 2.75) is 25.7 Å². The zero-order valence-electron chi connectivity index (χ0n) is 10.7. The molecule has 18 heavy (non-hydrogen) atoms. The lowest BCUT2D eigenvalue weighted by Gasteiger charge is -2.18. The number of aryl methyl sites for hydroxylation is 1. The van der Waals surface area contributed by atoms with E-state index in [1.165, 1.54) is 4.31 Å². The van der Waals surface area contributed by atoms with Crippen LogP contribution in [-0.2, 0) is 10.0 Å². The Kier molecular flexibility index (Phi) is 3.41. The van der Waals surface area contributed by atoms with Crippen molar-refractivity contribution in [1.29, 1.82) is 0 Å². The quantitative estimate of drug-likeness (QED) is 0.852. The van der Waals surface area contributed by atoms with Crippen molar-refractivity contribution in [2.75, 3.05) is 13.1 Å². The van der Waals surface area contributed by atoms with E-state index < -0.39 is 10.0 Å². The number of aromatic nitrogens is 1. The summed E-state index contributed by atoms with van der Waals surface area (Å²) in [7, 11) is -3.43. The number of fused-ring (bicyclic) bond motifs is 1. The van der Waals surface area contributed by atoms with Crippen molar-refractivity contribution in [3.63, 3.8) is 0 Å². The molecule has 0 spiro atoms. The van der Waals surface area contributed by atoms with E-state index in [0.717, 1.165) is 0 Å². The Bertz CT molecular complexity index is 657. The predicted octanol–water partition coefficient (Wildman–Crippen LogP) is 2.17. The number of hydrogen-bond acceptors (Lipinski definition) is 4. The van der Waals surface area contributed by atoms with E-state index in [0.29, 0.717) is 30.1 Å². The van der Waals surface area contributed by atoms with Gasteiger partial charge in [-0.05, 0) is 18.2 Å². The van der Waals surface area contributed by atoms with E-state index in [9.17, 15) is 8.42 Å². The molecule has 1 aromatic heterocycles. The van der Waals surface area contributed by atoms with Crippen molar-refractivity contribution in [3.8, 4) is 0 Å². The molecule has 1 aromatic carbocycles. The van der Waals surface area contributed by atoms with Gasteiger partial charge < -0.3 is 4.42 Å². The Morgan fingerprint density at radius 1 is 1.28 bits per heavy atom. The second-order valence-electron chi connectivity index (χ2n) is 3.95. The minimum atomic E-state index is -3.43. The van der Waals surface area contributed by atoms with Crippen molar-refractivity contribution in [2.24, 2.45) is 0 Å². The summed E-state index contributed by atoms with van der Waals surface area (Å²) in [6.45, 7) is 6.28. The summed E-state index contributed by atoms with van der Waals surface area (Å²) in [4.78, 5) is 4.41. The van der Waals surface area contributed by atoms with Crippen LogP contribution >= 0.6 is 0 Å². The van der Waals surface area contributed by atoms with Gasteiger partial charge in [0, 0.05) is 20.0 Å². The number of rotatable bonds is 4. The van der Waals surface area contributed by atoms with E-state index >= 15 is 0 Å². The monoisotopic (exact) mass is 268 g/mol. The molecule has 5 nitrogen and oxygen atoms in total. The fourth-order valence-corrected chi connectivity index (χ4v) is 3.37. The molecule has 0 aliphatic heterocycles. The summed E-state index contributed by atoms with van der Waals surface area (Å²) in [6, 6.07) is 4.76. The van der Waals surface area contributed by atoms with Gasteiger partial charge in [0.2, 0.25) is 10.0 Å². The molecule has 98 valence electrons. The highest BCUT2D eigenvalue weighted by Crippen LogP contribution is 2.22. The molecule has 2 aromatic rings. The molecule has 0 unspecified atom stereocenters. The number of benzene rings is 1. The first kappa shape index (κ1) is 13.0. The van der Waals surface area contributed by atoms with Crippen molar-refractivity contribution < 1.29 is 12.8 Å². The highest BCUT2D eigenvalue weighted by Gasteiger charge is 2.22. The molecular formula is C12H16N2O3S. The zero-order valence-corrected chi connectivity index (χ0v) is 11.5. The predicted molar refractivity (Wildman–Crippen MR) is 68.9 cm³/mol. The fourth-order valence-electron chi connectivity index (χ4n) is 1.90. The van der Waals surface area contributed by atoms with Crippen LogP contribution in [0.25, 0.3) is 11.1 Å². The molecule has 0 radical (unpaired) electrons. The average molecular weight is 268 g/mol. The third-order valence-electron chi connectivity index (χ3n) is 2.81. The minimum absolute atomic E-state index is 0.256. The highest BCUT2D eigenvalue weighted by molar-refractivity contribution is 7.89. The van der Waals surface area contributed by atoms with Gasteiger partial charge in [-0.2, -0.15) is 4.31 Å². The van der Waals surface area contributed by atoms with Crippen LogP contribution in [-0.4, -0.2) is 30.8 Å². The Morgan fingerprint density at radius 2 is 1.94 bits per heavy atom. The normalized spacial score (nSPS) is 12.4. The number of hydrogen-bond donors (Lipinski definition) is 0. The van der Waals surface area contributed by atoms with Crippen LogP contribution in [0.3, 0.4) is 0 Å². The molecule has 0 atom stereocenters. The van der Waals surface area contributed by atoms with Gasteiger partial charge in [-0.1, -0.05) is 13.8 Å². The SMILES string of the molecule is CCN(CC)S(=O)(=O)c1ccc2oc(C)nc2c1. The Balaban J connectivity index is 2.53. The van der Waals surface area contributed by atoms with Gasteiger partial charge in [0.15, 0.2) is 11.5 Å². The summed E-state index contributed by atoms with van der Waals surface area (Å²) in [5.74, 6) is 0.530. The van der Waals surface area contributed by atoms with Crippen molar-refractivity contribution >= 4 is 21.1 Å². The van der Waals surface area contributed by atoms with Crippen LogP contribution in [0, 0.1) is 6.92 Å². The zero-order chi connectivity index (χ0) is 13.3. The minimum Gasteiger partial charge on any atom is -0.441 e. The molecule has 2 rings (SSSR count). The third-order valence-corrected chi connectivity index (χ3v) is 4.86. The maximum absolute atomic E-state index is 12.3. The Morgan fingerprint density at radius 3 is 2.56 bits per heavy atom. The Hall–Kier alpha value is -1.40. The molecule has 0 saturated carbocycles.